The Morgan fingerprint density at radius 3 is 2.57 bits per heavy atom. The summed E-state index contributed by atoms with van der Waals surface area (Å²) in [6.07, 6.45) is 3.66. The van der Waals surface area contributed by atoms with Crippen LogP contribution in [0.3, 0.4) is 0 Å². The predicted molar refractivity (Wildman–Crippen MR) is 87.3 cm³/mol. The van der Waals surface area contributed by atoms with Crippen molar-refractivity contribution in [3.63, 3.8) is 0 Å². The highest BCUT2D eigenvalue weighted by Gasteiger charge is 2.54. The minimum Gasteiger partial charge on any atom is -0.299 e. The van der Waals surface area contributed by atoms with Crippen LogP contribution in [0.4, 0.5) is 0 Å². The van der Waals surface area contributed by atoms with E-state index in [1.807, 2.05) is 26.0 Å². The predicted octanol–water partition coefficient (Wildman–Crippen LogP) is 2.54. The molecule has 1 aliphatic heterocycles. The number of nitrogens with zero attached hydrogens (tertiary/aromatic N) is 1. The van der Waals surface area contributed by atoms with Crippen molar-refractivity contribution in [2.45, 2.75) is 31.6 Å². The molecule has 4 rings (SSSR count). The van der Waals surface area contributed by atoms with E-state index < -0.39 is 10.0 Å². The van der Waals surface area contributed by atoms with Crippen molar-refractivity contribution in [2.24, 2.45) is 17.3 Å². The minimum absolute atomic E-state index is 0.279. The Labute approximate surface area is 137 Å². The second-order valence-corrected chi connectivity index (χ2v) is 9.31. The number of Topliss-reactive ketones (excluding diaryl/α,β-unsaturated/α-hetero) is 1. The molecule has 2 fully saturated rings. The minimum atomic E-state index is -3.45. The molecule has 3 atom stereocenters. The fourth-order valence-corrected chi connectivity index (χ4v) is 5.67. The number of fused-ring (bicyclic) bond motifs is 2. The summed E-state index contributed by atoms with van der Waals surface area (Å²) in [6, 6.07) is 7.01. The number of benzene rings is 1. The third-order valence-corrected chi connectivity index (χ3v) is 7.73. The van der Waals surface area contributed by atoms with Gasteiger partial charge in [-0.05, 0) is 44.2 Å². The molecule has 5 heteroatoms. The summed E-state index contributed by atoms with van der Waals surface area (Å²) in [5.41, 5.74) is 1.84. The summed E-state index contributed by atoms with van der Waals surface area (Å²) in [5, 5.41) is 0. The number of rotatable bonds is 2. The van der Waals surface area contributed by atoms with Crippen LogP contribution in [0.5, 0.6) is 0 Å². The maximum atomic E-state index is 12.8. The van der Waals surface area contributed by atoms with Crippen molar-refractivity contribution >= 4 is 15.8 Å². The molecule has 0 radical (unpaired) electrons. The van der Waals surface area contributed by atoms with Gasteiger partial charge < -0.3 is 0 Å². The van der Waals surface area contributed by atoms with Crippen molar-refractivity contribution in [1.29, 1.82) is 0 Å². The molecular formula is C18H21NO3S. The van der Waals surface area contributed by atoms with Gasteiger partial charge in [0.15, 0.2) is 0 Å². The molecule has 1 aromatic rings. The van der Waals surface area contributed by atoms with Crippen LogP contribution in [-0.4, -0.2) is 31.6 Å². The first-order valence-electron chi connectivity index (χ1n) is 8.12. The fraction of sp³-hybridized carbons (Fsp3) is 0.500. The van der Waals surface area contributed by atoms with E-state index in [2.05, 4.69) is 6.08 Å². The lowest BCUT2D eigenvalue weighted by Crippen LogP contribution is -2.49. The van der Waals surface area contributed by atoms with E-state index in [9.17, 15) is 13.2 Å². The SMILES string of the molecule is Cc1ccc(S(=O)(=O)N2CC3=C[C@@]4(C)C(=O)C[C@H]4C[C@@H]3C2)cc1. The van der Waals surface area contributed by atoms with Crippen molar-refractivity contribution in [3.05, 3.63) is 41.5 Å². The number of hydrogen-bond donors (Lipinski definition) is 0. The Balaban J connectivity index is 1.63. The topological polar surface area (TPSA) is 54.5 Å². The first-order valence-corrected chi connectivity index (χ1v) is 9.56. The van der Waals surface area contributed by atoms with Crippen LogP contribution in [-0.2, 0) is 14.8 Å². The van der Waals surface area contributed by atoms with Gasteiger partial charge >= 0.3 is 0 Å². The number of allylic oxidation sites excluding steroid dienone is 1. The van der Waals surface area contributed by atoms with Crippen LogP contribution < -0.4 is 0 Å². The number of carbonyl (C=O) groups excluding carboxylic acids is 1. The summed E-state index contributed by atoms with van der Waals surface area (Å²) in [7, 11) is -3.45. The Kier molecular flexibility index (Phi) is 3.13. The Hall–Kier alpha value is -1.46. The molecule has 0 unspecified atom stereocenters. The number of sulfonamides is 1. The highest BCUT2D eigenvalue weighted by Crippen LogP contribution is 2.54. The molecule has 0 bridgehead atoms. The van der Waals surface area contributed by atoms with Gasteiger partial charge in [-0.1, -0.05) is 29.3 Å². The van der Waals surface area contributed by atoms with Gasteiger partial charge in [0, 0.05) is 24.9 Å². The van der Waals surface area contributed by atoms with E-state index >= 15 is 0 Å². The van der Waals surface area contributed by atoms with Gasteiger partial charge in [-0.15, -0.1) is 0 Å². The average Bonchev–Trinajstić information content (AvgIpc) is 2.91. The third-order valence-electron chi connectivity index (χ3n) is 5.90. The van der Waals surface area contributed by atoms with Crippen molar-refractivity contribution in [1.82, 2.24) is 4.31 Å². The Morgan fingerprint density at radius 2 is 1.91 bits per heavy atom. The molecule has 1 saturated heterocycles. The lowest BCUT2D eigenvalue weighted by molar-refractivity contribution is -0.141. The Bertz CT molecular complexity index is 809. The van der Waals surface area contributed by atoms with Gasteiger partial charge in [0.2, 0.25) is 10.0 Å². The van der Waals surface area contributed by atoms with E-state index in [0.717, 1.165) is 17.6 Å². The van der Waals surface area contributed by atoms with Crippen LogP contribution >= 0.6 is 0 Å². The molecule has 1 saturated carbocycles. The zero-order chi connectivity index (χ0) is 16.4. The number of hydrogen-bond acceptors (Lipinski definition) is 3. The van der Waals surface area contributed by atoms with E-state index in [1.165, 1.54) is 0 Å². The highest BCUT2D eigenvalue weighted by molar-refractivity contribution is 7.89. The van der Waals surface area contributed by atoms with Crippen LogP contribution in [0.15, 0.2) is 40.8 Å². The highest BCUT2D eigenvalue weighted by atomic mass is 32.2. The maximum absolute atomic E-state index is 12.8. The van der Waals surface area contributed by atoms with E-state index in [4.69, 9.17) is 0 Å². The first-order chi connectivity index (χ1) is 10.8. The summed E-state index contributed by atoms with van der Waals surface area (Å²) in [5.74, 6) is 0.973. The van der Waals surface area contributed by atoms with Crippen LogP contribution in [0.1, 0.15) is 25.3 Å². The van der Waals surface area contributed by atoms with Gasteiger partial charge in [-0.2, -0.15) is 4.31 Å². The lowest BCUT2D eigenvalue weighted by atomic mass is 9.54. The molecular weight excluding hydrogens is 310 g/mol. The molecule has 122 valence electrons. The Morgan fingerprint density at radius 1 is 1.22 bits per heavy atom. The van der Waals surface area contributed by atoms with Gasteiger partial charge in [0.25, 0.3) is 0 Å². The average molecular weight is 331 g/mol. The second kappa shape index (κ2) is 4.77. The molecule has 3 aliphatic rings. The molecule has 0 spiro atoms. The third kappa shape index (κ3) is 2.13. The van der Waals surface area contributed by atoms with Crippen LogP contribution in [0, 0.1) is 24.2 Å². The normalized spacial score (nSPS) is 33.7. The molecule has 1 heterocycles. The van der Waals surface area contributed by atoms with E-state index in [0.29, 0.717) is 36.1 Å². The van der Waals surface area contributed by atoms with Gasteiger partial charge in [-0.25, -0.2) is 8.42 Å². The molecule has 2 aliphatic carbocycles. The fourth-order valence-electron chi connectivity index (χ4n) is 4.20. The van der Waals surface area contributed by atoms with Crippen molar-refractivity contribution < 1.29 is 13.2 Å². The molecule has 0 aromatic heterocycles. The molecule has 0 N–H and O–H groups in total. The first kappa shape index (κ1) is 15.1. The summed E-state index contributed by atoms with van der Waals surface area (Å²) < 4.78 is 27.3. The largest absolute Gasteiger partial charge is 0.299 e. The van der Waals surface area contributed by atoms with Crippen molar-refractivity contribution in [2.75, 3.05) is 13.1 Å². The zero-order valence-electron chi connectivity index (χ0n) is 13.5. The standard InChI is InChI=1S/C18H21NO3S/c1-12-3-5-16(6-4-12)23(21,22)19-10-13-7-15-8-17(20)18(15,2)9-14(13)11-19/h3-6,9,13,15H,7-8,10-11H2,1-2H3/t13-,15-,18-/m1/s1. The monoisotopic (exact) mass is 331 g/mol. The maximum Gasteiger partial charge on any atom is 0.243 e. The van der Waals surface area contributed by atoms with Crippen molar-refractivity contribution in [3.8, 4) is 0 Å². The smallest absolute Gasteiger partial charge is 0.243 e. The number of aryl methyl sites for hydroxylation is 1. The quantitative estimate of drug-likeness (QED) is 0.783. The van der Waals surface area contributed by atoms with E-state index in [1.54, 1.807) is 16.4 Å². The van der Waals surface area contributed by atoms with E-state index in [-0.39, 0.29) is 11.3 Å². The van der Waals surface area contributed by atoms with Gasteiger partial charge in [0.1, 0.15) is 5.78 Å². The van der Waals surface area contributed by atoms with Crippen LogP contribution in [0.25, 0.3) is 0 Å². The molecule has 1 aromatic carbocycles. The number of ketones is 1. The van der Waals surface area contributed by atoms with Gasteiger partial charge in [-0.3, -0.25) is 4.79 Å². The molecule has 23 heavy (non-hydrogen) atoms. The zero-order valence-corrected chi connectivity index (χ0v) is 14.3. The molecule has 0 amide bonds. The molecule has 4 nitrogen and oxygen atoms in total. The summed E-state index contributed by atoms with van der Waals surface area (Å²) in [4.78, 5) is 12.3. The summed E-state index contributed by atoms with van der Waals surface area (Å²) in [6.45, 7) is 4.92. The second-order valence-electron chi connectivity index (χ2n) is 7.37. The summed E-state index contributed by atoms with van der Waals surface area (Å²) >= 11 is 0. The number of carbonyl (C=O) groups is 1. The van der Waals surface area contributed by atoms with Gasteiger partial charge in [0.05, 0.1) is 4.90 Å². The lowest BCUT2D eigenvalue weighted by Gasteiger charge is -2.48. The van der Waals surface area contributed by atoms with Crippen LogP contribution in [0.2, 0.25) is 0 Å².